The molecule has 0 radical (unpaired) electrons. The molecule has 1 aromatic heterocycles. The van der Waals surface area contributed by atoms with Crippen LogP contribution in [0, 0.1) is 5.82 Å². The molecule has 6 nitrogen and oxygen atoms in total. The van der Waals surface area contributed by atoms with Crippen molar-refractivity contribution in [3.05, 3.63) is 41.8 Å². The van der Waals surface area contributed by atoms with E-state index in [1.807, 2.05) is 0 Å². The molecule has 2 heterocycles. The minimum atomic E-state index is -0.281. The van der Waals surface area contributed by atoms with Crippen molar-refractivity contribution in [1.29, 1.82) is 0 Å². The van der Waals surface area contributed by atoms with Crippen LogP contribution in [-0.2, 0) is 9.53 Å². The van der Waals surface area contributed by atoms with E-state index >= 15 is 0 Å². The highest BCUT2D eigenvalue weighted by molar-refractivity contribution is 7.99. The highest BCUT2D eigenvalue weighted by Gasteiger charge is 2.25. The molecule has 1 N–H and O–H groups in total. The van der Waals surface area contributed by atoms with Gasteiger partial charge in [0.2, 0.25) is 5.91 Å². The van der Waals surface area contributed by atoms with Gasteiger partial charge in [0, 0.05) is 6.54 Å². The predicted molar refractivity (Wildman–Crippen MR) is 78.8 cm³/mol. The third kappa shape index (κ3) is 3.63. The Bertz CT molecular complexity index is 620. The van der Waals surface area contributed by atoms with Crippen LogP contribution < -0.4 is 0 Å². The van der Waals surface area contributed by atoms with Crippen LogP contribution in [0.5, 0.6) is 0 Å². The van der Waals surface area contributed by atoms with E-state index in [2.05, 4.69) is 15.4 Å². The number of benzene rings is 1. The fourth-order valence-corrected chi connectivity index (χ4v) is 2.93. The molecule has 1 aromatic carbocycles. The smallest absolute Gasteiger partial charge is 0.233 e. The van der Waals surface area contributed by atoms with Gasteiger partial charge in [0.15, 0.2) is 0 Å². The summed E-state index contributed by atoms with van der Waals surface area (Å²) in [6.07, 6.45) is 1.37. The van der Waals surface area contributed by atoms with Gasteiger partial charge in [-0.3, -0.25) is 4.79 Å². The molecular formula is C14H15FN4O2S. The molecular weight excluding hydrogens is 307 g/mol. The van der Waals surface area contributed by atoms with Gasteiger partial charge in [-0.2, -0.15) is 10.3 Å². The van der Waals surface area contributed by atoms with Gasteiger partial charge in [-0.15, -0.1) is 5.10 Å². The Labute approximate surface area is 131 Å². The van der Waals surface area contributed by atoms with Gasteiger partial charge in [-0.05, 0) is 17.7 Å². The molecule has 1 atom stereocenters. The molecule has 1 saturated heterocycles. The lowest BCUT2D eigenvalue weighted by atomic mass is 10.1. The van der Waals surface area contributed by atoms with Crippen molar-refractivity contribution in [3.63, 3.8) is 0 Å². The number of carbonyl (C=O) groups excluding carboxylic acids is 1. The van der Waals surface area contributed by atoms with Gasteiger partial charge in [-0.25, -0.2) is 4.39 Å². The van der Waals surface area contributed by atoms with Crippen molar-refractivity contribution in [2.75, 3.05) is 25.4 Å². The topological polar surface area (TPSA) is 71.1 Å². The summed E-state index contributed by atoms with van der Waals surface area (Å²) in [6, 6.07) is 6.19. The van der Waals surface area contributed by atoms with Crippen LogP contribution in [0.4, 0.5) is 4.39 Å². The lowest BCUT2D eigenvalue weighted by Gasteiger charge is -2.33. The van der Waals surface area contributed by atoms with Crippen molar-refractivity contribution in [2.24, 2.45) is 0 Å². The van der Waals surface area contributed by atoms with E-state index in [1.165, 1.54) is 23.9 Å². The fourth-order valence-electron chi connectivity index (χ4n) is 2.24. The number of ether oxygens (including phenoxy) is 1. The van der Waals surface area contributed by atoms with Gasteiger partial charge >= 0.3 is 0 Å². The van der Waals surface area contributed by atoms with Crippen LogP contribution in [-0.4, -0.2) is 51.7 Å². The average molecular weight is 322 g/mol. The maximum atomic E-state index is 13.0. The van der Waals surface area contributed by atoms with E-state index < -0.39 is 0 Å². The normalized spacial score (nSPS) is 18.4. The number of amides is 1. The van der Waals surface area contributed by atoms with E-state index in [-0.39, 0.29) is 17.8 Å². The number of rotatable bonds is 4. The number of halogens is 1. The Morgan fingerprint density at radius 1 is 1.45 bits per heavy atom. The summed E-state index contributed by atoms with van der Waals surface area (Å²) in [6.45, 7) is 1.52. The number of hydrogen-bond donors (Lipinski definition) is 1. The number of thioether (sulfide) groups is 1. The van der Waals surface area contributed by atoms with E-state index in [0.717, 1.165) is 5.56 Å². The lowest BCUT2D eigenvalue weighted by molar-refractivity contribution is -0.136. The number of hydrogen-bond acceptors (Lipinski definition) is 5. The molecule has 3 rings (SSSR count). The van der Waals surface area contributed by atoms with Crippen molar-refractivity contribution < 1.29 is 13.9 Å². The van der Waals surface area contributed by atoms with Crippen LogP contribution in [0.3, 0.4) is 0 Å². The second kappa shape index (κ2) is 6.89. The summed E-state index contributed by atoms with van der Waals surface area (Å²) in [5.74, 6) is 0.0581. The molecule has 116 valence electrons. The number of aromatic amines is 1. The number of nitrogens with zero attached hydrogens (tertiary/aromatic N) is 3. The fraction of sp³-hybridized carbons (Fsp3) is 0.357. The van der Waals surface area contributed by atoms with Gasteiger partial charge < -0.3 is 9.64 Å². The van der Waals surface area contributed by atoms with Gasteiger partial charge in [0.1, 0.15) is 16.9 Å². The number of H-pyrrole nitrogens is 1. The molecule has 0 bridgehead atoms. The molecule has 1 amide bonds. The molecule has 0 saturated carbocycles. The zero-order valence-electron chi connectivity index (χ0n) is 11.7. The molecule has 1 aliphatic rings. The Kier molecular flexibility index (Phi) is 4.69. The van der Waals surface area contributed by atoms with Crippen molar-refractivity contribution >= 4 is 17.7 Å². The van der Waals surface area contributed by atoms with Crippen LogP contribution in [0.2, 0.25) is 0 Å². The number of morpholine rings is 1. The number of carbonyl (C=O) groups is 1. The monoisotopic (exact) mass is 322 g/mol. The first-order valence-corrected chi connectivity index (χ1v) is 7.84. The Hall–Kier alpha value is -1.93. The second-order valence-electron chi connectivity index (χ2n) is 4.85. The molecule has 0 spiro atoms. The SMILES string of the molecule is O=C(CSc1cn[nH]n1)N1CCOC(c2ccc(F)cc2)C1. The van der Waals surface area contributed by atoms with Crippen LogP contribution >= 0.6 is 11.8 Å². The molecule has 1 aliphatic heterocycles. The number of aromatic nitrogens is 3. The first-order chi connectivity index (χ1) is 10.7. The zero-order chi connectivity index (χ0) is 15.4. The lowest BCUT2D eigenvalue weighted by Crippen LogP contribution is -2.43. The van der Waals surface area contributed by atoms with E-state index in [4.69, 9.17) is 4.74 Å². The summed E-state index contributed by atoms with van der Waals surface area (Å²) in [7, 11) is 0. The molecule has 8 heteroatoms. The minimum Gasteiger partial charge on any atom is -0.370 e. The van der Waals surface area contributed by atoms with Gasteiger partial charge in [0.25, 0.3) is 0 Å². The quantitative estimate of drug-likeness (QED) is 0.867. The zero-order valence-corrected chi connectivity index (χ0v) is 12.6. The maximum absolute atomic E-state index is 13.0. The predicted octanol–water partition coefficient (Wildman–Crippen LogP) is 1.64. The number of nitrogens with one attached hydrogen (secondary N) is 1. The van der Waals surface area contributed by atoms with Crippen LogP contribution in [0.15, 0.2) is 35.5 Å². The molecule has 1 fully saturated rings. The average Bonchev–Trinajstić information content (AvgIpc) is 3.07. The van der Waals surface area contributed by atoms with Crippen LogP contribution in [0.25, 0.3) is 0 Å². The van der Waals surface area contributed by atoms with Gasteiger partial charge in [-0.1, -0.05) is 23.9 Å². The first-order valence-electron chi connectivity index (χ1n) is 6.86. The van der Waals surface area contributed by atoms with E-state index in [0.29, 0.717) is 30.5 Å². The molecule has 22 heavy (non-hydrogen) atoms. The summed E-state index contributed by atoms with van der Waals surface area (Å²) >= 11 is 1.34. The van der Waals surface area contributed by atoms with Crippen molar-refractivity contribution in [2.45, 2.75) is 11.1 Å². The summed E-state index contributed by atoms with van der Waals surface area (Å²) in [4.78, 5) is 14.0. The molecule has 1 unspecified atom stereocenters. The first kappa shape index (κ1) is 15.0. The highest BCUT2D eigenvalue weighted by Crippen LogP contribution is 2.23. The maximum Gasteiger partial charge on any atom is 0.233 e. The highest BCUT2D eigenvalue weighted by atomic mass is 32.2. The standard InChI is InChI=1S/C14H15FN4O2S/c15-11-3-1-10(2-4-11)12-8-19(5-6-21-12)14(20)9-22-13-7-16-18-17-13/h1-4,7,12H,5-6,8-9H2,(H,16,17,18). The largest absolute Gasteiger partial charge is 0.370 e. The Morgan fingerprint density at radius 2 is 2.27 bits per heavy atom. The Balaban J connectivity index is 1.57. The summed E-state index contributed by atoms with van der Waals surface area (Å²) < 4.78 is 18.7. The third-order valence-electron chi connectivity index (χ3n) is 3.40. The van der Waals surface area contributed by atoms with Crippen molar-refractivity contribution in [3.8, 4) is 0 Å². The van der Waals surface area contributed by atoms with Crippen LogP contribution in [0.1, 0.15) is 11.7 Å². The van der Waals surface area contributed by atoms with Crippen molar-refractivity contribution in [1.82, 2.24) is 20.3 Å². The summed E-state index contributed by atoms with van der Waals surface area (Å²) in [5.41, 5.74) is 0.878. The molecule has 0 aliphatic carbocycles. The van der Waals surface area contributed by atoms with Gasteiger partial charge in [0.05, 0.1) is 25.1 Å². The second-order valence-corrected chi connectivity index (χ2v) is 5.84. The third-order valence-corrected chi connectivity index (χ3v) is 4.28. The molecule has 2 aromatic rings. The Morgan fingerprint density at radius 3 is 3.00 bits per heavy atom. The minimum absolute atomic E-state index is 0.0309. The van der Waals surface area contributed by atoms with E-state index in [1.54, 1.807) is 23.2 Å². The van der Waals surface area contributed by atoms with E-state index in [9.17, 15) is 9.18 Å². The summed E-state index contributed by atoms with van der Waals surface area (Å²) in [5, 5.41) is 10.8.